The molecule has 2 N–H and O–H groups in total. The van der Waals surface area contributed by atoms with Gasteiger partial charge >= 0.3 is 5.97 Å². The molecule has 38 heavy (non-hydrogen) atoms. The molecule has 2 bridgehead atoms. The minimum atomic E-state index is -1.34. The molecular weight excluding hydrogens is 507 g/mol. The number of ether oxygens (including phenoxy) is 2. The molecule has 2 heterocycles. The van der Waals surface area contributed by atoms with Gasteiger partial charge in [0.2, 0.25) is 0 Å². The smallest absolute Gasteiger partial charge is 0.337 e. The minimum absolute atomic E-state index is 0.119. The van der Waals surface area contributed by atoms with Gasteiger partial charge in [-0.05, 0) is 41.8 Å². The summed E-state index contributed by atoms with van der Waals surface area (Å²) in [6.07, 6.45) is 3.20. The SMILES string of the molecule is COC(=O)C1=C(C(=O)NCc2ccccc2)C2C=CC1(C(Cc1ccccc1)Nc1cc(F)cc(Cl)c1)O2. The number of halogens is 2. The van der Waals surface area contributed by atoms with Crippen molar-refractivity contribution in [2.75, 3.05) is 12.4 Å². The third-order valence-electron chi connectivity index (χ3n) is 6.72. The van der Waals surface area contributed by atoms with E-state index in [0.29, 0.717) is 12.1 Å². The van der Waals surface area contributed by atoms with E-state index in [0.717, 1.165) is 11.1 Å². The summed E-state index contributed by atoms with van der Waals surface area (Å²) in [6, 6.07) is 22.6. The third-order valence-corrected chi connectivity index (χ3v) is 6.94. The zero-order valence-corrected chi connectivity index (χ0v) is 21.4. The lowest BCUT2D eigenvalue weighted by atomic mass is 9.78. The van der Waals surface area contributed by atoms with E-state index in [9.17, 15) is 14.0 Å². The van der Waals surface area contributed by atoms with Crippen molar-refractivity contribution in [2.45, 2.75) is 30.7 Å². The molecule has 0 saturated carbocycles. The molecule has 2 aliphatic heterocycles. The number of anilines is 1. The topological polar surface area (TPSA) is 76.7 Å². The van der Waals surface area contributed by atoms with Crippen LogP contribution in [0.25, 0.3) is 0 Å². The largest absolute Gasteiger partial charge is 0.466 e. The van der Waals surface area contributed by atoms with Gasteiger partial charge in [0.05, 0.1) is 24.3 Å². The fourth-order valence-electron chi connectivity index (χ4n) is 5.03. The van der Waals surface area contributed by atoms with Crippen molar-refractivity contribution in [3.63, 3.8) is 0 Å². The van der Waals surface area contributed by atoms with Crippen LogP contribution in [0.4, 0.5) is 10.1 Å². The van der Waals surface area contributed by atoms with Crippen LogP contribution in [0, 0.1) is 5.82 Å². The molecule has 8 heteroatoms. The molecular formula is C30H26ClFN2O4. The van der Waals surface area contributed by atoms with Gasteiger partial charge in [0.25, 0.3) is 5.91 Å². The fraction of sp³-hybridized carbons (Fsp3) is 0.200. The van der Waals surface area contributed by atoms with E-state index in [1.54, 1.807) is 18.2 Å². The Kier molecular flexibility index (Phi) is 7.31. The minimum Gasteiger partial charge on any atom is -0.466 e. The van der Waals surface area contributed by atoms with Crippen LogP contribution in [-0.4, -0.2) is 36.7 Å². The first-order valence-corrected chi connectivity index (χ1v) is 12.6. The van der Waals surface area contributed by atoms with Crippen molar-refractivity contribution in [1.82, 2.24) is 5.32 Å². The highest BCUT2D eigenvalue weighted by molar-refractivity contribution is 6.30. The number of esters is 1. The molecule has 0 fully saturated rings. The monoisotopic (exact) mass is 532 g/mol. The highest BCUT2D eigenvalue weighted by atomic mass is 35.5. The van der Waals surface area contributed by atoms with Gasteiger partial charge in [-0.15, -0.1) is 0 Å². The van der Waals surface area contributed by atoms with Gasteiger partial charge in [-0.3, -0.25) is 4.79 Å². The number of amides is 1. The van der Waals surface area contributed by atoms with Crippen LogP contribution in [0.3, 0.4) is 0 Å². The van der Waals surface area contributed by atoms with E-state index >= 15 is 0 Å². The molecule has 0 aliphatic carbocycles. The summed E-state index contributed by atoms with van der Waals surface area (Å²) in [7, 11) is 1.27. The van der Waals surface area contributed by atoms with Crippen molar-refractivity contribution in [3.8, 4) is 0 Å². The molecule has 3 aromatic carbocycles. The van der Waals surface area contributed by atoms with Crippen LogP contribution in [0.5, 0.6) is 0 Å². The number of nitrogens with one attached hydrogen (secondary N) is 2. The summed E-state index contributed by atoms with van der Waals surface area (Å²) < 4.78 is 25.8. The molecule has 3 unspecified atom stereocenters. The number of methoxy groups -OCH3 is 1. The fourth-order valence-corrected chi connectivity index (χ4v) is 5.25. The first-order valence-electron chi connectivity index (χ1n) is 12.2. The maximum absolute atomic E-state index is 14.2. The Morgan fingerprint density at radius 2 is 1.74 bits per heavy atom. The normalized spacial score (nSPS) is 20.3. The van der Waals surface area contributed by atoms with Crippen LogP contribution in [0.2, 0.25) is 5.02 Å². The van der Waals surface area contributed by atoms with E-state index in [2.05, 4.69) is 10.6 Å². The second-order valence-corrected chi connectivity index (χ2v) is 9.62. The predicted molar refractivity (Wildman–Crippen MR) is 143 cm³/mol. The maximum Gasteiger partial charge on any atom is 0.337 e. The lowest BCUT2D eigenvalue weighted by Gasteiger charge is -2.36. The van der Waals surface area contributed by atoms with Crippen molar-refractivity contribution in [1.29, 1.82) is 0 Å². The Labute approximate surface area is 225 Å². The summed E-state index contributed by atoms with van der Waals surface area (Å²) in [5.74, 6) is -1.59. The van der Waals surface area contributed by atoms with Crippen LogP contribution in [0.1, 0.15) is 11.1 Å². The highest BCUT2D eigenvalue weighted by Gasteiger charge is 2.58. The van der Waals surface area contributed by atoms with Crippen molar-refractivity contribution in [2.24, 2.45) is 0 Å². The molecule has 5 rings (SSSR count). The first-order chi connectivity index (χ1) is 18.4. The van der Waals surface area contributed by atoms with E-state index < -0.39 is 35.4 Å². The molecule has 194 valence electrons. The predicted octanol–water partition coefficient (Wildman–Crippen LogP) is 5.00. The highest BCUT2D eigenvalue weighted by Crippen LogP contribution is 2.47. The summed E-state index contributed by atoms with van der Waals surface area (Å²) in [5.41, 5.74) is 1.26. The number of benzene rings is 3. The number of fused-ring (bicyclic) bond motifs is 2. The Morgan fingerprint density at radius 3 is 2.39 bits per heavy atom. The molecule has 0 spiro atoms. The van der Waals surface area contributed by atoms with Crippen LogP contribution >= 0.6 is 11.6 Å². The van der Waals surface area contributed by atoms with Gasteiger partial charge in [0.1, 0.15) is 17.5 Å². The standard InChI is InChI=1S/C30H26ClFN2O4/c1-37-29(36)27-26(28(35)33-18-20-10-6-3-7-11-20)24-12-13-30(27,38-24)25(14-19-8-4-2-5-9-19)34-23-16-21(31)15-22(32)17-23/h2-13,15-17,24-25,34H,14,18H2,1H3,(H,33,35). The molecule has 3 aromatic rings. The second kappa shape index (κ2) is 10.8. The van der Waals surface area contributed by atoms with Gasteiger partial charge in [-0.25, -0.2) is 9.18 Å². The number of hydrogen-bond donors (Lipinski definition) is 2. The number of hydrogen-bond acceptors (Lipinski definition) is 5. The Balaban J connectivity index is 1.54. The second-order valence-electron chi connectivity index (χ2n) is 9.18. The van der Waals surface area contributed by atoms with E-state index in [4.69, 9.17) is 21.1 Å². The molecule has 1 amide bonds. The maximum atomic E-state index is 14.2. The van der Waals surface area contributed by atoms with Gasteiger partial charge in [0, 0.05) is 17.3 Å². The Bertz CT molecular complexity index is 1390. The molecule has 0 radical (unpaired) electrons. The number of rotatable bonds is 9. The zero-order valence-electron chi connectivity index (χ0n) is 20.6. The lowest BCUT2D eigenvalue weighted by molar-refractivity contribution is -0.138. The van der Waals surface area contributed by atoms with Crippen molar-refractivity contribution in [3.05, 3.63) is 124 Å². The van der Waals surface area contributed by atoms with Crippen molar-refractivity contribution < 1.29 is 23.5 Å². The molecule has 3 atom stereocenters. The lowest BCUT2D eigenvalue weighted by Crippen LogP contribution is -2.49. The quantitative estimate of drug-likeness (QED) is 0.300. The van der Waals surface area contributed by atoms with Gasteiger partial charge < -0.3 is 20.1 Å². The summed E-state index contributed by atoms with van der Waals surface area (Å²) in [5, 5.41) is 6.44. The summed E-state index contributed by atoms with van der Waals surface area (Å²) >= 11 is 6.12. The van der Waals surface area contributed by atoms with Crippen molar-refractivity contribution >= 4 is 29.2 Å². The molecule has 0 saturated heterocycles. The summed E-state index contributed by atoms with van der Waals surface area (Å²) in [6.45, 7) is 0.286. The average Bonchev–Trinajstić information content (AvgIpc) is 3.50. The van der Waals surface area contributed by atoms with E-state index in [-0.39, 0.29) is 22.7 Å². The van der Waals surface area contributed by atoms with Gasteiger partial charge in [-0.1, -0.05) is 78.3 Å². The van der Waals surface area contributed by atoms with Crippen LogP contribution in [0.15, 0.2) is 102 Å². The Morgan fingerprint density at radius 1 is 1.05 bits per heavy atom. The molecule has 2 aliphatic rings. The first kappa shape index (κ1) is 25.7. The third kappa shape index (κ3) is 5.08. The summed E-state index contributed by atoms with van der Waals surface area (Å²) in [4.78, 5) is 26.7. The average molecular weight is 533 g/mol. The van der Waals surface area contributed by atoms with E-state index in [1.165, 1.54) is 19.2 Å². The molecule has 6 nitrogen and oxygen atoms in total. The molecule has 0 aromatic heterocycles. The van der Waals surface area contributed by atoms with Crippen LogP contribution < -0.4 is 10.6 Å². The van der Waals surface area contributed by atoms with Gasteiger partial charge in [0.15, 0.2) is 0 Å². The van der Waals surface area contributed by atoms with E-state index in [1.807, 2.05) is 60.7 Å². The Hall–Kier alpha value is -3.94. The zero-order chi connectivity index (χ0) is 26.7. The number of carbonyl (C=O) groups excluding carboxylic acids is 2. The van der Waals surface area contributed by atoms with Crippen LogP contribution in [-0.2, 0) is 32.0 Å². The van der Waals surface area contributed by atoms with Gasteiger partial charge in [-0.2, -0.15) is 0 Å². The number of carbonyl (C=O) groups is 2.